The Labute approximate surface area is 178 Å². The van der Waals surface area contributed by atoms with Gasteiger partial charge in [-0.3, -0.25) is 14.2 Å². The molecule has 0 N–H and O–H groups in total. The predicted molar refractivity (Wildman–Crippen MR) is 118 cm³/mol. The number of para-hydroxylation sites is 1. The molecular formula is C22H22ClN3O2S. The number of fused-ring (bicyclic) bond motifs is 1. The van der Waals surface area contributed by atoms with Gasteiger partial charge in [0.15, 0.2) is 5.16 Å². The Morgan fingerprint density at radius 2 is 1.83 bits per heavy atom. The van der Waals surface area contributed by atoms with Crippen LogP contribution in [0, 0.1) is 0 Å². The molecule has 3 aromatic rings. The Kier molecular flexibility index (Phi) is 5.92. The molecule has 4 rings (SSSR count). The number of hydrogen-bond donors (Lipinski definition) is 0. The number of amides is 1. The molecule has 0 saturated carbocycles. The molecule has 1 amide bonds. The second-order valence-corrected chi connectivity index (χ2v) is 8.90. The summed E-state index contributed by atoms with van der Waals surface area (Å²) in [4.78, 5) is 32.7. The highest BCUT2D eigenvalue weighted by Gasteiger charge is 2.26. The lowest BCUT2D eigenvalue weighted by molar-refractivity contribution is -0.129. The summed E-state index contributed by atoms with van der Waals surface area (Å²) in [7, 11) is 0. The van der Waals surface area contributed by atoms with Gasteiger partial charge in [0.05, 0.1) is 22.7 Å². The highest BCUT2D eigenvalue weighted by molar-refractivity contribution is 8.00. The number of rotatable bonds is 5. The molecule has 1 aliphatic heterocycles. The van der Waals surface area contributed by atoms with Gasteiger partial charge in [-0.05, 0) is 43.5 Å². The van der Waals surface area contributed by atoms with Crippen molar-refractivity contribution in [2.75, 3.05) is 13.1 Å². The van der Waals surface area contributed by atoms with Gasteiger partial charge in [-0.1, -0.05) is 53.7 Å². The van der Waals surface area contributed by atoms with Gasteiger partial charge >= 0.3 is 0 Å². The summed E-state index contributed by atoms with van der Waals surface area (Å²) < 4.78 is 1.63. The number of aromatic nitrogens is 2. The molecule has 1 fully saturated rings. The van der Waals surface area contributed by atoms with Crippen molar-refractivity contribution in [3.8, 4) is 0 Å². The number of carbonyl (C=O) groups excluding carboxylic acids is 1. The van der Waals surface area contributed by atoms with Crippen molar-refractivity contribution in [2.24, 2.45) is 0 Å². The topological polar surface area (TPSA) is 55.2 Å². The number of hydrogen-bond acceptors (Lipinski definition) is 4. The van der Waals surface area contributed by atoms with Crippen molar-refractivity contribution in [1.29, 1.82) is 0 Å². The molecule has 1 aliphatic rings. The molecule has 0 radical (unpaired) electrons. The lowest BCUT2D eigenvalue weighted by Crippen LogP contribution is -2.34. The van der Waals surface area contributed by atoms with E-state index < -0.39 is 0 Å². The fourth-order valence-electron chi connectivity index (χ4n) is 3.58. The molecule has 5 nitrogen and oxygen atoms in total. The maximum absolute atomic E-state index is 13.2. The van der Waals surface area contributed by atoms with Crippen molar-refractivity contribution in [2.45, 2.75) is 36.7 Å². The van der Waals surface area contributed by atoms with E-state index in [0.717, 1.165) is 31.5 Å². The van der Waals surface area contributed by atoms with E-state index in [1.807, 2.05) is 54.3 Å². The molecule has 1 saturated heterocycles. The molecule has 29 heavy (non-hydrogen) atoms. The molecule has 2 aromatic carbocycles. The van der Waals surface area contributed by atoms with Gasteiger partial charge in [-0.15, -0.1) is 0 Å². The maximum atomic E-state index is 13.2. The predicted octanol–water partition coefficient (Wildman–Crippen LogP) is 4.20. The van der Waals surface area contributed by atoms with E-state index >= 15 is 0 Å². The second-order valence-electron chi connectivity index (χ2n) is 7.19. The van der Waals surface area contributed by atoms with E-state index in [9.17, 15) is 9.59 Å². The van der Waals surface area contributed by atoms with Crippen molar-refractivity contribution >= 4 is 40.2 Å². The number of thioether (sulfide) groups is 1. The fourth-order valence-corrected chi connectivity index (χ4v) is 4.76. The Bertz CT molecular complexity index is 1110. The van der Waals surface area contributed by atoms with Crippen LogP contribution in [0.4, 0.5) is 0 Å². The molecular weight excluding hydrogens is 406 g/mol. The van der Waals surface area contributed by atoms with E-state index in [2.05, 4.69) is 0 Å². The average molecular weight is 428 g/mol. The first-order valence-electron chi connectivity index (χ1n) is 9.73. The van der Waals surface area contributed by atoms with E-state index in [-0.39, 0.29) is 16.7 Å². The minimum Gasteiger partial charge on any atom is -0.342 e. The minimum atomic E-state index is -0.321. The van der Waals surface area contributed by atoms with Gasteiger partial charge in [0.25, 0.3) is 5.56 Å². The standard InChI is InChI=1S/C22H22ClN3O2S/c1-15(20(27)25-12-6-7-13-25)29-22-24-19-11-5-3-9-17(19)21(28)26(22)14-16-8-2-4-10-18(16)23/h2-5,8-11,15H,6-7,12-14H2,1H3/t15-/m0/s1. The zero-order chi connectivity index (χ0) is 20.4. The highest BCUT2D eigenvalue weighted by Crippen LogP contribution is 2.26. The van der Waals surface area contributed by atoms with E-state index in [4.69, 9.17) is 16.6 Å². The third-order valence-electron chi connectivity index (χ3n) is 5.16. The van der Waals surface area contributed by atoms with Crippen molar-refractivity contribution in [3.05, 3.63) is 69.5 Å². The van der Waals surface area contributed by atoms with Gasteiger partial charge in [0, 0.05) is 18.1 Å². The van der Waals surface area contributed by atoms with Gasteiger partial charge in [0.1, 0.15) is 0 Å². The monoisotopic (exact) mass is 427 g/mol. The van der Waals surface area contributed by atoms with Gasteiger partial charge < -0.3 is 4.90 Å². The maximum Gasteiger partial charge on any atom is 0.262 e. The van der Waals surface area contributed by atoms with Crippen molar-refractivity contribution < 1.29 is 4.79 Å². The van der Waals surface area contributed by atoms with Crippen molar-refractivity contribution in [1.82, 2.24) is 14.5 Å². The first-order valence-corrected chi connectivity index (χ1v) is 11.0. The molecule has 0 spiro atoms. The van der Waals surface area contributed by atoms with Crippen LogP contribution in [0.2, 0.25) is 5.02 Å². The summed E-state index contributed by atoms with van der Waals surface area (Å²) in [5, 5.41) is 1.37. The van der Waals surface area contributed by atoms with Gasteiger partial charge in [-0.2, -0.15) is 0 Å². The second kappa shape index (κ2) is 8.59. The first kappa shape index (κ1) is 20.0. The number of benzene rings is 2. The molecule has 0 bridgehead atoms. The highest BCUT2D eigenvalue weighted by atomic mass is 35.5. The van der Waals surface area contributed by atoms with Crippen LogP contribution in [-0.2, 0) is 11.3 Å². The number of nitrogens with zero attached hydrogens (tertiary/aromatic N) is 3. The summed E-state index contributed by atoms with van der Waals surface area (Å²) in [6.07, 6.45) is 2.10. The zero-order valence-corrected chi connectivity index (χ0v) is 17.7. The Hall–Kier alpha value is -2.31. The molecule has 150 valence electrons. The molecule has 2 heterocycles. The minimum absolute atomic E-state index is 0.0965. The van der Waals surface area contributed by atoms with E-state index in [1.165, 1.54) is 11.8 Å². The number of halogens is 1. The third kappa shape index (κ3) is 4.19. The lowest BCUT2D eigenvalue weighted by Gasteiger charge is -2.21. The zero-order valence-electron chi connectivity index (χ0n) is 16.2. The van der Waals surface area contributed by atoms with Crippen LogP contribution in [0.25, 0.3) is 10.9 Å². The van der Waals surface area contributed by atoms with Crippen LogP contribution in [0.1, 0.15) is 25.3 Å². The Morgan fingerprint density at radius 1 is 1.14 bits per heavy atom. The smallest absolute Gasteiger partial charge is 0.262 e. The molecule has 7 heteroatoms. The summed E-state index contributed by atoms with van der Waals surface area (Å²) in [5.41, 5.74) is 1.35. The largest absolute Gasteiger partial charge is 0.342 e. The van der Waals surface area contributed by atoms with Crippen LogP contribution in [0.3, 0.4) is 0 Å². The SMILES string of the molecule is C[C@H](Sc1nc2ccccc2c(=O)n1Cc1ccccc1Cl)C(=O)N1CCCC1. The summed E-state index contributed by atoms with van der Waals surface area (Å²) >= 11 is 7.67. The normalized spacial score (nSPS) is 15.0. The van der Waals surface area contributed by atoms with Crippen LogP contribution in [-0.4, -0.2) is 38.7 Å². The summed E-state index contributed by atoms with van der Waals surface area (Å²) in [5.74, 6) is 0.0965. The van der Waals surface area contributed by atoms with Gasteiger partial charge in [0.2, 0.25) is 5.91 Å². The lowest BCUT2D eigenvalue weighted by atomic mass is 10.2. The first-order chi connectivity index (χ1) is 14.0. The van der Waals surface area contributed by atoms with Crippen LogP contribution >= 0.6 is 23.4 Å². The quantitative estimate of drug-likeness (QED) is 0.452. The fraction of sp³-hybridized carbons (Fsp3) is 0.318. The number of carbonyl (C=O) groups is 1. The Morgan fingerprint density at radius 3 is 2.59 bits per heavy atom. The third-order valence-corrected chi connectivity index (χ3v) is 6.61. The van der Waals surface area contributed by atoms with Crippen LogP contribution < -0.4 is 5.56 Å². The molecule has 0 unspecified atom stereocenters. The van der Waals surface area contributed by atoms with E-state index in [0.29, 0.717) is 27.6 Å². The van der Waals surface area contributed by atoms with E-state index in [1.54, 1.807) is 10.6 Å². The molecule has 1 aromatic heterocycles. The van der Waals surface area contributed by atoms with Crippen LogP contribution in [0.5, 0.6) is 0 Å². The molecule has 1 atom stereocenters. The van der Waals surface area contributed by atoms with Crippen LogP contribution in [0.15, 0.2) is 58.5 Å². The van der Waals surface area contributed by atoms with Crippen molar-refractivity contribution in [3.63, 3.8) is 0 Å². The van der Waals surface area contributed by atoms with Gasteiger partial charge in [-0.25, -0.2) is 4.98 Å². The summed E-state index contributed by atoms with van der Waals surface area (Å²) in [6, 6.07) is 14.8. The molecule has 0 aliphatic carbocycles. The Balaban J connectivity index is 1.74. The summed E-state index contributed by atoms with van der Waals surface area (Å²) in [6.45, 7) is 3.80. The average Bonchev–Trinajstić information content (AvgIpc) is 3.26. The number of likely N-dealkylation sites (tertiary alicyclic amines) is 1.